The Labute approximate surface area is 105 Å². The maximum atomic E-state index is 6.11. The number of ether oxygens (including phenoxy) is 1. The van der Waals surface area contributed by atoms with Gasteiger partial charge in [0, 0.05) is 19.2 Å². The fourth-order valence-corrected chi connectivity index (χ4v) is 1.88. The van der Waals surface area contributed by atoms with E-state index in [9.17, 15) is 0 Å². The van der Waals surface area contributed by atoms with Gasteiger partial charge in [0.25, 0.3) is 0 Å². The molecule has 0 unspecified atom stereocenters. The number of rotatable bonds is 4. The monoisotopic (exact) mass is 250 g/mol. The smallest absolute Gasteiger partial charge is 0.128 e. The van der Waals surface area contributed by atoms with Crippen molar-refractivity contribution in [1.82, 2.24) is 9.78 Å². The zero-order chi connectivity index (χ0) is 12.3. The van der Waals surface area contributed by atoms with E-state index in [-0.39, 0.29) is 0 Å². The highest BCUT2D eigenvalue weighted by Crippen LogP contribution is 2.33. The summed E-state index contributed by atoms with van der Waals surface area (Å²) in [6.45, 7) is 0.934. The Balaban J connectivity index is 2.44. The second-order valence-electron chi connectivity index (χ2n) is 3.52. The van der Waals surface area contributed by atoms with Crippen LogP contribution in [0.1, 0.15) is 0 Å². The van der Waals surface area contributed by atoms with Gasteiger partial charge in [-0.15, -0.1) is 0 Å². The first-order valence-electron chi connectivity index (χ1n) is 5.25. The molecule has 0 bridgehead atoms. The number of nitrogens with zero attached hydrogens (tertiary/aromatic N) is 2. The van der Waals surface area contributed by atoms with Crippen molar-refractivity contribution < 1.29 is 4.74 Å². The van der Waals surface area contributed by atoms with E-state index in [1.807, 2.05) is 19.2 Å². The lowest BCUT2D eigenvalue weighted by Crippen LogP contribution is -2.11. The van der Waals surface area contributed by atoms with Crippen LogP contribution in [0.3, 0.4) is 0 Å². The van der Waals surface area contributed by atoms with E-state index in [0.29, 0.717) is 18.2 Å². The van der Waals surface area contributed by atoms with Gasteiger partial charge in [-0.25, -0.2) is 0 Å². The second-order valence-corrected chi connectivity index (χ2v) is 3.93. The van der Waals surface area contributed by atoms with E-state index < -0.39 is 0 Å². The van der Waals surface area contributed by atoms with E-state index in [4.69, 9.17) is 22.1 Å². The standard InChI is InChI=1S/C12H13ClN3O/c1-16-12(10(13)8-15-16)9-4-2-3-5-11(9)17-7-6-14/h3-5,8H,6-7,14H2,1H3. The fourth-order valence-electron chi connectivity index (χ4n) is 1.61. The molecule has 2 aromatic rings. The minimum atomic E-state index is 0.465. The molecule has 5 heteroatoms. The van der Waals surface area contributed by atoms with Crippen LogP contribution in [0.2, 0.25) is 5.02 Å². The van der Waals surface area contributed by atoms with E-state index in [1.165, 1.54) is 0 Å². The third-order valence-corrected chi connectivity index (χ3v) is 2.63. The summed E-state index contributed by atoms with van der Waals surface area (Å²) < 4.78 is 7.28. The van der Waals surface area contributed by atoms with E-state index in [2.05, 4.69) is 11.2 Å². The molecule has 89 valence electrons. The van der Waals surface area contributed by atoms with Crippen LogP contribution >= 0.6 is 11.6 Å². The molecule has 1 aromatic carbocycles. The molecule has 17 heavy (non-hydrogen) atoms. The van der Waals surface area contributed by atoms with Gasteiger partial charge >= 0.3 is 0 Å². The van der Waals surface area contributed by atoms with Gasteiger partial charge in [0.15, 0.2) is 0 Å². The lowest BCUT2D eigenvalue weighted by atomic mass is 10.1. The Kier molecular flexibility index (Phi) is 3.66. The molecule has 0 aliphatic carbocycles. The zero-order valence-corrected chi connectivity index (χ0v) is 10.2. The molecular weight excluding hydrogens is 238 g/mol. The molecule has 2 N–H and O–H groups in total. The molecule has 4 nitrogen and oxygen atoms in total. The minimum absolute atomic E-state index is 0.465. The van der Waals surface area contributed by atoms with E-state index >= 15 is 0 Å². The van der Waals surface area contributed by atoms with E-state index in [0.717, 1.165) is 17.0 Å². The summed E-state index contributed by atoms with van der Waals surface area (Å²) in [6, 6.07) is 8.47. The first-order chi connectivity index (χ1) is 8.24. The van der Waals surface area contributed by atoms with Crippen molar-refractivity contribution in [2.24, 2.45) is 12.8 Å². The third-order valence-electron chi connectivity index (χ3n) is 2.35. The van der Waals surface area contributed by atoms with Crippen molar-refractivity contribution >= 4 is 11.6 Å². The summed E-state index contributed by atoms with van der Waals surface area (Å²) >= 11 is 6.11. The molecule has 1 radical (unpaired) electrons. The Bertz CT molecular complexity index is 491. The van der Waals surface area contributed by atoms with Crippen LogP contribution in [0.4, 0.5) is 0 Å². The highest BCUT2D eigenvalue weighted by molar-refractivity contribution is 6.33. The van der Waals surface area contributed by atoms with Crippen molar-refractivity contribution in [3.05, 3.63) is 35.5 Å². The average Bonchev–Trinajstić information content (AvgIpc) is 2.67. The minimum Gasteiger partial charge on any atom is -0.492 e. The molecule has 0 aliphatic rings. The molecule has 0 aliphatic heterocycles. The Morgan fingerprint density at radius 1 is 1.59 bits per heavy atom. The largest absolute Gasteiger partial charge is 0.492 e. The van der Waals surface area contributed by atoms with Crippen LogP contribution in [0, 0.1) is 6.07 Å². The van der Waals surface area contributed by atoms with Gasteiger partial charge in [-0.05, 0) is 18.2 Å². The molecule has 0 amide bonds. The number of aromatic nitrogens is 2. The van der Waals surface area contributed by atoms with Crippen molar-refractivity contribution in [2.75, 3.05) is 13.2 Å². The quantitative estimate of drug-likeness (QED) is 0.902. The fraction of sp³-hybridized carbons (Fsp3) is 0.250. The molecule has 2 rings (SSSR count). The molecular formula is C12H13ClN3O. The van der Waals surface area contributed by atoms with Gasteiger partial charge in [-0.3, -0.25) is 4.68 Å². The van der Waals surface area contributed by atoms with Crippen LogP contribution in [0.15, 0.2) is 24.4 Å². The van der Waals surface area contributed by atoms with Gasteiger partial charge < -0.3 is 10.5 Å². The molecule has 0 saturated carbocycles. The Morgan fingerprint density at radius 2 is 2.41 bits per heavy atom. The van der Waals surface area contributed by atoms with Gasteiger partial charge in [0.1, 0.15) is 12.4 Å². The molecule has 0 atom stereocenters. The van der Waals surface area contributed by atoms with Crippen LogP contribution in [-0.2, 0) is 7.05 Å². The van der Waals surface area contributed by atoms with Gasteiger partial charge in [0.2, 0.25) is 0 Å². The summed E-state index contributed by atoms with van der Waals surface area (Å²) in [7, 11) is 1.83. The maximum Gasteiger partial charge on any atom is 0.128 e. The Hall–Kier alpha value is -1.52. The SMILES string of the molecule is Cn1ncc(Cl)c1-c1c[c]ccc1OCCN. The number of hydrogen-bond acceptors (Lipinski definition) is 3. The van der Waals surface area contributed by atoms with Crippen molar-refractivity contribution in [1.29, 1.82) is 0 Å². The first kappa shape index (κ1) is 12.0. The Morgan fingerprint density at radius 3 is 3.06 bits per heavy atom. The van der Waals surface area contributed by atoms with Crippen molar-refractivity contribution in [2.45, 2.75) is 0 Å². The zero-order valence-electron chi connectivity index (χ0n) is 9.48. The summed E-state index contributed by atoms with van der Waals surface area (Å²) in [6.07, 6.45) is 1.61. The summed E-state index contributed by atoms with van der Waals surface area (Å²) in [4.78, 5) is 0. The van der Waals surface area contributed by atoms with Crippen LogP contribution < -0.4 is 10.5 Å². The summed E-state index contributed by atoms with van der Waals surface area (Å²) in [5, 5.41) is 4.69. The van der Waals surface area contributed by atoms with Gasteiger partial charge in [-0.2, -0.15) is 5.10 Å². The third kappa shape index (κ3) is 2.43. The number of benzene rings is 1. The molecule has 0 spiro atoms. The van der Waals surface area contributed by atoms with Crippen LogP contribution in [0.5, 0.6) is 5.75 Å². The summed E-state index contributed by atoms with van der Waals surface area (Å²) in [5.41, 5.74) is 7.11. The lowest BCUT2D eigenvalue weighted by molar-refractivity contribution is 0.329. The number of hydrogen-bond donors (Lipinski definition) is 1. The normalized spacial score (nSPS) is 10.5. The van der Waals surface area contributed by atoms with Crippen molar-refractivity contribution in [3.63, 3.8) is 0 Å². The molecule has 0 fully saturated rings. The molecule has 0 saturated heterocycles. The maximum absolute atomic E-state index is 6.11. The van der Waals surface area contributed by atoms with Gasteiger partial charge in [0.05, 0.1) is 16.9 Å². The molecule has 1 heterocycles. The van der Waals surface area contributed by atoms with Crippen LogP contribution in [-0.4, -0.2) is 22.9 Å². The highest BCUT2D eigenvalue weighted by atomic mass is 35.5. The predicted molar refractivity (Wildman–Crippen MR) is 67.0 cm³/mol. The summed E-state index contributed by atoms with van der Waals surface area (Å²) in [5.74, 6) is 0.736. The lowest BCUT2D eigenvalue weighted by Gasteiger charge is -2.11. The topological polar surface area (TPSA) is 53.1 Å². The number of aryl methyl sites for hydroxylation is 1. The highest BCUT2D eigenvalue weighted by Gasteiger charge is 2.13. The molecule has 1 aromatic heterocycles. The first-order valence-corrected chi connectivity index (χ1v) is 5.62. The predicted octanol–water partition coefficient (Wildman–Crippen LogP) is 1.88. The number of nitrogens with two attached hydrogens (primary N) is 1. The number of halogens is 1. The van der Waals surface area contributed by atoms with Crippen molar-refractivity contribution in [3.8, 4) is 17.0 Å². The van der Waals surface area contributed by atoms with E-state index in [1.54, 1.807) is 16.9 Å². The second kappa shape index (κ2) is 5.21. The van der Waals surface area contributed by atoms with Crippen LogP contribution in [0.25, 0.3) is 11.3 Å². The average molecular weight is 251 g/mol. The van der Waals surface area contributed by atoms with Gasteiger partial charge in [-0.1, -0.05) is 17.7 Å².